The highest BCUT2D eigenvalue weighted by Gasteiger charge is 2.15. The predicted molar refractivity (Wildman–Crippen MR) is 66.8 cm³/mol. The molecule has 90 valence electrons. The number of aliphatic hydroxyl groups is 1. The first-order chi connectivity index (χ1) is 8.13. The Morgan fingerprint density at radius 3 is 3.00 bits per heavy atom. The van der Waals surface area contributed by atoms with Crippen molar-refractivity contribution in [2.24, 2.45) is 0 Å². The molecule has 0 fully saturated rings. The SMILES string of the molecule is CN(CCO)C(=O)c1c[nH]c2cc(N)ccc12. The van der Waals surface area contributed by atoms with Crippen LogP contribution in [0.15, 0.2) is 24.4 Å². The number of likely N-dealkylation sites (N-methyl/N-ethyl adjacent to an activating group) is 1. The minimum Gasteiger partial charge on any atom is -0.399 e. The van der Waals surface area contributed by atoms with E-state index in [-0.39, 0.29) is 12.5 Å². The number of rotatable bonds is 3. The molecule has 0 saturated carbocycles. The number of hydrogen-bond donors (Lipinski definition) is 3. The fraction of sp³-hybridized carbons (Fsp3) is 0.250. The summed E-state index contributed by atoms with van der Waals surface area (Å²) in [5.74, 6) is -0.116. The van der Waals surface area contributed by atoms with Crippen molar-refractivity contribution < 1.29 is 9.90 Å². The van der Waals surface area contributed by atoms with Gasteiger partial charge in [-0.3, -0.25) is 4.79 Å². The van der Waals surface area contributed by atoms with E-state index in [2.05, 4.69) is 4.98 Å². The van der Waals surface area contributed by atoms with E-state index in [9.17, 15) is 4.79 Å². The lowest BCUT2D eigenvalue weighted by Crippen LogP contribution is -2.29. The molecule has 0 aliphatic carbocycles. The van der Waals surface area contributed by atoms with Crippen LogP contribution in [0.3, 0.4) is 0 Å². The van der Waals surface area contributed by atoms with E-state index >= 15 is 0 Å². The Bertz CT molecular complexity index is 548. The Labute approximate surface area is 98.8 Å². The molecular formula is C12H15N3O2. The molecule has 0 radical (unpaired) electrons. The smallest absolute Gasteiger partial charge is 0.255 e. The van der Waals surface area contributed by atoms with Crippen LogP contribution in [-0.2, 0) is 0 Å². The van der Waals surface area contributed by atoms with Crippen molar-refractivity contribution in [1.82, 2.24) is 9.88 Å². The van der Waals surface area contributed by atoms with Crippen LogP contribution in [0, 0.1) is 0 Å². The second-order valence-electron chi connectivity index (χ2n) is 3.96. The summed E-state index contributed by atoms with van der Waals surface area (Å²) in [7, 11) is 1.66. The van der Waals surface area contributed by atoms with Gasteiger partial charge in [0.05, 0.1) is 12.2 Å². The molecule has 1 amide bonds. The highest BCUT2D eigenvalue weighted by atomic mass is 16.3. The Morgan fingerprint density at radius 1 is 1.53 bits per heavy atom. The molecule has 0 bridgehead atoms. The lowest BCUT2D eigenvalue weighted by molar-refractivity contribution is 0.0769. The zero-order valence-corrected chi connectivity index (χ0v) is 9.60. The number of nitrogens with one attached hydrogen (secondary N) is 1. The normalized spacial score (nSPS) is 10.7. The molecule has 1 aromatic carbocycles. The molecule has 0 aliphatic heterocycles. The molecule has 1 heterocycles. The van der Waals surface area contributed by atoms with E-state index in [1.54, 1.807) is 25.4 Å². The number of carbonyl (C=O) groups excluding carboxylic acids is 1. The number of anilines is 1. The summed E-state index contributed by atoms with van der Waals surface area (Å²) in [6.45, 7) is 0.276. The number of H-pyrrole nitrogens is 1. The van der Waals surface area contributed by atoms with Gasteiger partial charge in [0.1, 0.15) is 0 Å². The van der Waals surface area contributed by atoms with Crippen LogP contribution in [0.4, 0.5) is 5.69 Å². The van der Waals surface area contributed by atoms with E-state index in [0.717, 1.165) is 10.9 Å². The zero-order valence-electron chi connectivity index (χ0n) is 9.60. The maximum Gasteiger partial charge on any atom is 0.255 e. The Balaban J connectivity index is 2.39. The highest BCUT2D eigenvalue weighted by Crippen LogP contribution is 2.21. The number of hydrogen-bond acceptors (Lipinski definition) is 3. The largest absolute Gasteiger partial charge is 0.399 e. The van der Waals surface area contributed by atoms with Gasteiger partial charge < -0.3 is 20.7 Å². The van der Waals surface area contributed by atoms with E-state index in [1.165, 1.54) is 4.90 Å². The molecule has 0 spiro atoms. The Hall–Kier alpha value is -2.01. The van der Waals surface area contributed by atoms with E-state index in [1.807, 2.05) is 6.07 Å². The fourth-order valence-electron chi connectivity index (χ4n) is 1.78. The molecule has 0 aliphatic rings. The molecule has 0 unspecified atom stereocenters. The van der Waals surface area contributed by atoms with Crippen LogP contribution in [0.1, 0.15) is 10.4 Å². The second kappa shape index (κ2) is 4.47. The van der Waals surface area contributed by atoms with Crippen molar-refractivity contribution in [2.75, 3.05) is 25.9 Å². The summed E-state index contributed by atoms with van der Waals surface area (Å²) >= 11 is 0. The van der Waals surface area contributed by atoms with Crippen LogP contribution in [0.2, 0.25) is 0 Å². The minimum atomic E-state index is -0.116. The van der Waals surface area contributed by atoms with Gasteiger partial charge in [0.2, 0.25) is 0 Å². The van der Waals surface area contributed by atoms with E-state index < -0.39 is 0 Å². The first-order valence-corrected chi connectivity index (χ1v) is 5.36. The summed E-state index contributed by atoms with van der Waals surface area (Å²) < 4.78 is 0. The quantitative estimate of drug-likeness (QED) is 0.686. The third-order valence-electron chi connectivity index (χ3n) is 2.72. The van der Waals surface area contributed by atoms with E-state index in [4.69, 9.17) is 10.8 Å². The first kappa shape index (κ1) is 11.5. The van der Waals surface area contributed by atoms with Crippen LogP contribution < -0.4 is 5.73 Å². The molecule has 0 saturated heterocycles. The van der Waals surface area contributed by atoms with Gasteiger partial charge in [0.15, 0.2) is 0 Å². The third-order valence-corrected chi connectivity index (χ3v) is 2.72. The summed E-state index contributed by atoms with van der Waals surface area (Å²) in [6.07, 6.45) is 1.67. The topological polar surface area (TPSA) is 82.3 Å². The maximum absolute atomic E-state index is 12.1. The van der Waals surface area contributed by atoms with Crippen molar-refractivity contribution in [1.29, 1.82) is 0 Å². The van der Waals surface area contributed by atoms with Crippen LogP contribution in [0.5, 0.6) is 0 Å². The summed E-state index contributed by atoms with van der Waals surface area (Å²) in [5.41, 5.74) is 7.76. The van der Waals surface area contributed by atoms with Gasteiger partial charge in [0, 0.05) is 36.4 Å². The number of nitrogens with zero attached hydrogens (tertiary/aromatic N) is 1. The average molecular weight is 233 g/mol. The number of benzene rings is 1. The van der Waals surface area contributed by atoms with Gasteiger partial charge in [-0.05, 0) is 18.2 Å². The second-order valence-corrected chi connectivity index (χ2v) is 3.96. The Kier molecular flexibility index (Phi) is 3.01. The average Bonchev–Trinajstić information content (AvgIpc) is 2.71. The van der Waals surface area contributed by atoms with E-state index in [0.29, 0.717) is 17.8 Å². The number of aromatic amines is 1. The lowest BCUT2D eigenvalue weighted by Gasteiger charge is -2.14. The maximum atomic E-state index is 12.1. The molecule has 2 rings (SSSR count). The minimum absolute atomic E-state index is 0.0441. The summed E-state index contributed by atoms with van der Waals surface area (Å²) in [4.78, 5) is 16.6. The molecular weight excluding hydrogens is 218 g/mol. The number of aromatic nitrogens is 1. The molecule has 0 atom stereocenters. The van der Waals surface area contributed by atoms with Crippen molar-refractivity contribution in [3.8, 4) is 0 Å². The van der Waals surface area contributed by atoms with Crippen LogP contribution in [-0.4, -0.2) is 41.1 Å². The number of amides is 1. The van der Waals surface area contributed by atoms with Gasteiger partial charge in [-0.15, -0.1) is 0 Å². The summed E-state index contributed by atoms with van der Waals surface area (Å²) in [5, 5.41) is 9.66. The van der Waals surface area contributed by atoms with Crippen LogP contribution in [0.25, 0.3) is 10.9 Å². The number of fused-ring (bicyclic) bond motifs is 1. The van der Waals surface area contributed by atoms with Gasteiger partial charge >= 0.3 is 0 Å². The predicted octanol–water partition coefficient (Wildman–Crippen LogP) is 0.814. The molecule has 1 aromatic heterocycles. The van der Waals surface area contributed by atoms with Crippen molar-refractivity contribution in [3.05, 3.63) is 30.0 Å². The number of carbonyl (C=O) groups is 1. The standard InChI is InChI=1S/C12H15N3O2/c1-15(4-5-16)12(17)10-7-14-11-6-8(13)2-3-9(10)11/h2-3,6-7,14,16H,4-5,13H2,1H3. The first-order valence-electron chi connectivity index (χ1n) is 5.36. The van der Waals surface area contributed by atoms with Crippen molar-refractivity contribution in [2.45, 2.75) is 0 Å². The van der Waals surface area contributed by atoms with Crippen molar-refractivity contribution >= 4 is 22.5 Å². The molecule has 5 heteroatoms. The number of nitrogen functional groups attached to an aromatic ring is 1. The van der Waals surface area contributed by atoms with Gasteiger partial charge in [-0.2, -0.15) is 0 Å². The monoisotopic (exact) mass is 233 g/mol. The molecule has 4 N–H and O–H groups in total. The van der Waals surface area contributed by atoms with Gasteiger partial charge in [0.25, 0.3) is 5.91 Å². The fourth-order valence-corrected chi connectivity index (χ4v) is 1.78. The Morgan fingerprint density at radius 2 is 2.29 bits per heavy atom. The molecule has 17 heavy (non-hydrogen) atoms. The van der Waals surface area contributed by atoms with Gasteiger partial charge in [-0.1, -0.05) is 0 Å². The lowest BCUT2D eigenvalue weighted by atomic mass is 10.1. The van der Waals surface area contributed by atoms with Crippen LogP contribution >= 0.6 is 0 Å². The third kappa shape index (κ3) is 2.09. The molecule has 2 aromatic rings. The highest BCUT2D eigenvalue weighted by molar-refractivity contribution is 6.07. The zero-order chi connectivity index (χ0) is 12.4. The van der Waals surface area contributed by atoms with Crippen molar-refractivity contribution in [3.63, 3.8) is 0 Å². The number of nitrogens with two attached hydrogens (primary N) is 1. The summed E-state index contributed by atoms with van der Waals surface area (Å²) in [6, 6.07) is 5.37. The molecule has 5 nitrogen and oxygen atoms in total. The number of aliphatic hydroxyl groups excluding tert-OH is 1. The van der Waals surface area contributed by atoms with Gasteiger partial charge in [-0.25, -0.2) is 0 Å².